The highest BCUT2D eigenvalue weighted by Crippen LogP contribution is 2.48. The van der Waals surface area contributed by atoms with Gasteiger partial charge in [0.25, 0.3) is 5.91 Å². The molecule has 1 aliphatic carbocycles. The molecule has 0 radical (unpaired) electrons. The molecular formula is C30H28F3N7O4. The third-order valence-electron chi connectivity index (χ3n) is 7.87. The van der Waals surface area contributed by atoms with Gasteiger partial charge in [0.05, 0.1) is 28.9 Å². The van der Waals surface area contributed by atoms with E-state index < -0.39 is 36.2 Å². The Kier molecular flexibility index (Phi) is 7.43. The van der Waals surface area contributed by atoms with E-state index in [2.05, 4.69) is 25.4 Å². The highest BCUT2D eigenvalue weighted by molar-refractivity contribution is 5.95. The van der Waals surface area contributed by atoms with Crippen molar-refractivity contribution >= 4 is 12.0 Å². The molecule has 1 aromatic carbocycles. The lowest BCUT2D eigenvalue weighted by Crippen LogP contribution is -2.40. The van der Waals surface area contributed by atoms with E-state index in [0.29, 0.717) is 29.9 Å². The number of nitrogens with zero attached hydrogens (tertiary/aromatic N) is 6. The molecule has 11 nitrogen and oxygen atoms in total. The highest BCUT2D eigenvalue weighted by Gasteiger charge is 2.59. The van der Waals surface area contributed by atoms with Gasteiger partial charge in [-0.05, 0) is 55.8 Å². The van der Waals surface area contributed by atoms with Gasteiger partial charge >= 0.3 is 6.09 Å². The van der Waals surface area contributed by atoms with Crippen molar-refractivity contribution in [2.24, 2.45) is 11.8 Å². The first-order chi connectivity index (χ1) is 21.0. The maximum absolute atomic E-state index is 13.6. The molecule has 228 valence electrons. The van der Waals surface area contributed by atoms with E-state index in [4.69, 9.17) is 4.74 Å². The summed E-state index contributed by atoms with van der Waals surface area (Å²) in [6.45, 7) is 4.12. The van der Waals surface area contributed by atoms with Crippen molar-refractivity contribution in [3.05, 3.63) is 83.7 Å². The second-order valence-electron chi connectivity index (χ2n) is 11.3. The zero-order valence-electron chi connectivity index (χ0n) is 23.7. The number of likely N-dealkylation sites (tertiary alicyclic amines) is 1. The van der Waals surface area contributed by atoms with E-state index in [1.807, 2.05) is 0 Å². The van der Waals surface area contributed by atoms with Gasteiger partial charge in [-0.2, -0.15) is 5.10 Å². The predicted octanol–water partition coefficient (Wildman–Crippen LogP) is 4.32. The van der Waals surface area contributed by atoms with Crippen LogP contribution in [0.3, 0.4) is 0 Å². The summed E-state index contributed by atoms with van der Waals surface area (Å²) >= 11 is 0. The molecular weight excluding hydrogens is 579 g/mol. The molecule has 6 rings (SSSR count). The molecule has 3 atom stereocenters. The zero-order valence-corrected chi connectivity index (χ0v) is 23.7. The van der Waals surface area contributed by atoms with Crippen molar-refractivity contribution in [3.8, 4) is 23.1 Å². The summed E-state index contributed by atoms with van der Waals surface area (Å²) in [5, 5.41) is 16.0. The fourth-order valence-corrected chi connectivity index (χ4v) is 5.55. The molecule has 0 spiro atoms. The Labute approximate surface area is 249 Å². The number of pyridine rings is 1. The number of carbonyl (C=O) groups excluding carboxylic acids is 1. The minimum atomic E-state index is -2.69. The lowest BCUT2D eigenvalue weighted by Gasteiger charge is -2.26. The summed E-state index contributed by atoms with van der Waals surface area (Å²) in [6, 6.07) is 10.8. The number of fused-ring (bicyclic) bond motifs is 1. The number of amides is 2. The molecule has 2 aliphatic rings. The molecule has 0 bridgehead atoms. The average Bonchev–Trinajstić information content (AvgIpc) is 3.29. The van der Waals surface area contributed by atoms with Crippen LogP contribution in [-0.2, 0) is 12.0 Å². The number of benzene rings is 1. The Morgan fingerprint density at radius 2 is 1.80 bits per heavy atom. The highest BCUT2D eigenvalue weighted by atomic mass is 19.3. The van der Waals surface area contributed by atoms with Crippen LogP contribution in [0.2, 0.25) is 0 Å². The molecule has 4 heterocycles. The number of alkyl halides is 2. The van der Waals surface area contributed by atoms with Gasteiger partial charge in [0.15, 0.2) is 0 Å². The fraction of sp³-hybridized carbons (Fsp3) is 0.333. The van der Waals surface area contributed by atoms with E-state index in [1.165, 1.54) is 35.4 Å². The second kappa shape index (κ2) is 11.2. The van der Waals surface area contributed by atoms with Gasteiger partial charge in [0.1, 0.15) is 11.9 Å². The smallest absolute Gasteiger partial charge is 0.405 e. The number of nitrogens with one attached hydrogen (secondary N) is 1. The van der Waals surface area contributed by atoms with E-state index in [-0.39, 0.29) is 41.0 Å². The molecule has 2 fully saturated rings. The first-order valence-electron chi connectivity index (χ1n) is 13.9. The Hall–Kier alpha value is -5.01. The van der Waals surface area contributed by atoms with E-state index in [9.17, 15) is 27.9 Å². The molecule has 1 saturated carbocycles. The van der Waals surface area contributed by atoms with Crippen LogP contribution in [0.5, 0.6) is 5.88 Å². The van der Waals surface area contributed by atoms with Crippen LogP contribution in [0.25, 0.3) is 17.2 Å². The van der Waals surface area contributed by atoms with Crippen molar-refractivity contribution in [3.63, 3.8) is 0 Å². The summed E-state index contributed by atoms with van der Waals surface area (Å²) < 4.78 is 47.7. The number of rotatable bonds is 9. The number of hydrogen-bond acceptors (Lipinski definition) is 7. The van der Waals surface area contributed by atoms with Gasteiger partial charge in [-0.3, -0.25) is 4.79 Å². The number of ether oxygens (including phenoxy) is 1. The summed E-state index contributed by atoms with van der Waals surface area (Å²) in [5.74, 6) is -0.390. The number of carbonyl (C=O) groups is 2. The minimum Gasteiger partial charge on any atom is -0.474 e. The Morgan fingerprint density at radius 3 is 2.43 bits per heavy atom. The SMILES string of the molecule is CC(C)(NC(=O)O)c1cc(O[C@@H]2[C@@H]3CN(C(=O)c4cn(-c5ncccn5)nc4CC(F)F)C[C@@H]32)nc(-c2ccc(F)cc2)c1. The van der Waals surface area contributed by atoms with Crippen molar-refractivity contribution in [2.75, 3.05) is 13.1 Å². The Bertz CT molecular complexity index is 1690. The average molecular weight is 608 g/mol. The summed E-state index contributed by atoms with van der Waals surface area (Å²) in [5.41, 5.74) is 0.748. The number of aromatic nitrogens is 5. The molecule has 1 saturated heterocycles. The molecule has 0 unspecified atom stereocenters. The number of halogens is 3. The molecule has 14 heteroatoms. The molecule has 4 aromatic rings. The largest absolute Gasteiger partial charge is 0.474 e. The molecule has 2 N–H and O–H groups in total. The number of carboxylic acid groups (broad SMARTS) is 1. The lowest BCUT2D eigenvalue weighted by molar-refractivity contribution is 0.0749. The van der Waals surface area contributed by atoms with Crippen molar-refractivity contribution in [2.45, 2.75) is 38.3 Å². The third kappa shape index (κ3) is 5.92. The summed E-state index contributed by atoms with van der Waals surface area (Å²) in [4.78, 5) is 39.3. The van der Waals surface area contributed by atoms with Gasteiger partial charge in [0.2, 0.25) is 18.3 Å². The topological polar surface area (TPSA) is 135 Å². The summed E-state index contributed by atoms with van der Waals surface area (Å²) in [7, 11) is 0. The third-order valence-corrected chi connectivity index (χ3v) is 7.87. The second-order valence-corrected chi connectivity index (χ2v) is 11.3. The predicted molar refractivity (Wildman–Crippen MR) is 150 cm³/mol. The fourth-order valence-electron chi connectivity index (χ4n) is 5.55. The number of hydrogen-bond donors (Lipinski definition) is 2. The van der Waals surface area contributed by atoms with E-state index in [1.54, 1.807) is 49.1 Å². The lowest BCUT2D eigenvalue weighted by atomic mass is 9.93. The van der Waals surface area contributed by atoms with Crippen LogP contribution in [0.4, 0.5) is 18.0 Å². The Balaban J connectivity index is 1.19. The minimum absolute atomic E-state index is 0.00474. The first-order valence-corrected chi connectivity index (χ1v) is 13.9. The van der Waals surface area contributed by atoms with Gasteiger partial charge < -0.3 is 20.1 Å². The zero-order chi connectivity index (χ0) is 31.2. The monoisotopic (exact) mass is 607 g/mol. The molecule has 44 heavy (non-hydrogen) atoms. The molecule has 3 aromatic heterocycles. The van der Waals surface area contributed by atoms with Crippen molar-refractivity contribution in [1.29, 1.82) is 0 Å². The van der Waals surface area contributed by atoms with Crippen LogP contribution in [0.15, 0.2) is 61.1 Å². The standard InChI is InChI=1S/C30H28F3N7O4/c1-30(2,37-29(42)43)17-10-22(16-4-6-18(31)7-5-16)36-25(11-17)44-26-19-13-39(14-20(19)26)27(41)21-15-40(28-34-8-3-9-35-28)38-23(21)12-24(32)33/h3-11,15,19-20,24,26,37H,12-14H2,1-2H3,(H,42,43)/t19-,20+,26-. The van der Waals surface area contributed by atoms with Crippen LogP contribution in [-0.4, -0.2) is 72.4 Å². The van der Waals surface area contributed by atoms with E-state index >= 15 is 0 Å². The summed E-state index contributed by atoms with van der Waals surface area (Å²) in [6.07, 6.45) is -0.458. The maximum Gasteiger partial charge on any atom is 0.405 e. The number of piperidine rings is 1. The maximum atomic E-state index is 13.6. The van der Waals surface area contributed by atoms with Crippen LogP contribution >= 0.6 is 0 Å². The van der Waals surface area contributed by atoms with Crippen LogP contribution in [0, 0.1) is 17.7 Å². The van der Waals surface area contributed by atoms with Crippen LogP contribution < -0.4 is 10.1 Å². The van der Waals surface area contributed by atoms with Crippen molar-refractivity contribution in [1.82, 2.24) is 34.9 Å². The van der Waals surface area contributed by atoms with E-state index in [0.717, 1.165) is 0 Å². The first kappa shape index (κ1) is 29.1. The normalized spacial score (nSPS) is 19.1. The van der Waals surface area contributed by atoms with Gasteiger partial charge in [-0.25, -0.2) is 37.6 Å². The quantitative estimate of drug-likeness (QED) is 0.287. The van der Waals surface area contributed by atoms with Crippen LogP contribution in [0.1, 0.15) is 35.5 Å². The molecule has 2 amide bonds. The van der Waals surface area contributed by atoms with Crippen molar-refractivity contribution < 1.29 is 32.6 Å². The molecule has 1 aliphatic heterocycles. The Morgan fingerprint density at radius 1 is 1.11 bits per heavy atom. The van der Waals surface area contributed by atoms with Gasteiger partial charge in [-0.15, -0.1) is 0 Å². The van der Waals surface area contributed by atoms with Gasteiger partial charge in [-0.1, -0.05) is 0 Å². The van der Waals surface area contributed by atoms with Gasteiger partial charge in [0, 0.05) is 55.1 Å².